The number of carboxylic acid groups (broad SMARTS) is 1. The number of nitrogens with two attached hydrogens (primary N) is 1. The Morgan fingerprint density at radius 2 is 1.94 bits per heavy atom. The number of carboxylic acids is 1. The summed E-state index contributed by atoms with van der Waals surface area (Å²) in [6.07, 6.45) is 2.89. The van der Waals surface area contributed by atoms with Gasteiger partial charge in [-0.05, 0) is 24.7 Å². The van der Waals surface area contributed by atoms with Gasteiger partial charge in [0.05, 0.1) is 12.0 Å². The summed E-state index contributed by atoms with van der Waals surface area (Å²) in [6, 6.07) is -0.622. The van der Waals surface area contributed by atoms with Gasteiger partial charge in [-0.3, -0.25) is 9.59 Å². The second kappa shape index (κ2) is 5.69. The molecule has 3 atom stereocenters. The SMILES string of the molecule is CC(C)(C)C(N)C(=O)NC1CCCC(C(=O)O)C1. The molecule has 18 heavy (non-hydrogen) atoms. The molecule has 4 N–H and O–H groups in total. The molecule has 0 bridgehead atoms. The van der Waals surface area contributed by atoms with E-state index in [9.17, 15) is 9.59 Å². The molecule has 1 saturated carbocycles. The summed E-state index contributed by atoms with van der Waals surface area (Å²) < 4.78 is 0. The second-order valence-corrected chi connectivity index (χ2v) is 6.25. The highest BCUT2D eigenvalue weighted by atomic mass is 16.4. The van der Waals surface area contributed by atoms with Crippen LogP contribution in [0.2, 0.25) is 0 Å². The molecule has 1 fully saturated rings. The van der Waals surface area contributed by atoms with Crippen molar-refractivity contribution in [3.63, 3.8) is 0 Å². The molecule has 1 rings (SSSR count). The van der Waals surface area contributed by atoms with Crippen LogP contribution in [0.5, 0.6) is 0 Å². The van der Waals surface area contributed by atoms with Gasteiger partial charge >= 0.3 is 5.97 Å². The number of aliphatic carboxylic acids is 1. The van der Waals surface area contributed by atoms with Crippen LogP contribution >= 0.6 is 0 Å². The van der Waals surface area contributed by atoms with Gasteiger partial charge in [-0.2, -0.15) is 0 Å². The van der Waals surface area contributed by atoms with Gasteiger partial charge < -0.3 is 16.2 Å². The van der Waals surface area contributed by atoms with E-state index in [0.717, 1.165) is 12.8 Å². The van der Waals surface area contributed by atoms with Gasteiger partial charge in [0.1, 0.15) is 0 Å². The van der Waals surface area contributed by atoms with Gasteiger partial charge in [-0.1, -0.05) is 27.2 Å². The van der Waals surface area contributed by atoms with Crippen molar-refractivity contribution in [1.82, 2.24) is 5.32 Å². The molecule has 0 aromatic rings. The van der Waals surface area contributed by atoms with Crippen LogP contribution in [-0.4, -0.2) is 29.1 Å². The first-order valence-electron chi connectivity index (χ1n) is 6.50. The summed E-state index contributed by atoms with van der Waals surface area (Å²) in [6.45, 7) is 5.74. The van der Waals surface area contributed by atoms with Crippen molar-refractivity contribution < 1.29 is 14.7 Å². The lowest BCUT2D eigenvalue weighted by atomic mass is 9.84. The smallest absolute Gasteiger partial charge is 0.306 e. The second-order valence-electron chi connectivity index (χ2n) is 6.25. The minimum absolute atomic E-state index is 0.0549. The fourth-order valence-corrected chi connectivity index (χ4v) is 2.23. The summed E-state index contributed by atoms with van der Waals surface area (Å²) in [4.78, 5) is 22.9. The van der Waals surface area contributed by atoms with E-state index in [1.807, 2.05) is 20.8 Å². The molecule has 3 unspecified atom stereocenters. The Balaban J connectivity index is 2.52. The van der Waals surface area contributed by atoms with Crippen LogP contribution in [0.25, 0.3) is 0 Å². The molecule has 0 aromatic heterocycles. The fourth-order valence-electron chi connectivity index (χ4n) is 2.23. The third-order valence-corrected chi connectivity index (χ3v) is 3.59. The Labute approximate surface area is 108 Å². The van der Waals surface area contributed by atoms with Gasteiger partial charge in [0.25, 0.3) is 0 Å². The van der Waals surface area contributed by atoms with E-state index in [0.29, 0.717) is 12.8 Å². The normalized spacial score (nSPS) is 26.4. The average Bonchev–Trinajstić information content (AvgIpc) is 2.27. The molecule has 104 valence electrons. The molecule has 5 heteroatoms. The zero-order chi connectivity index (χ0) is 13.9. The fraction of sp³-hybridized carbons (Fsp3) is 0.846. The predicted octanol–water partition coefficient (Wildman–Crippen LogP) is 1.12. The highest BCUT2D eigenvalue weighted by Crippen LogP contribution is 2.25. The molecule has 1 aliphatic carbocycles. The van der Waals surface area contributed by atoms with E-state index in [4.69, 9.17) is 10.8 Å². The number of hydrogen-bond acceptors (Lipinski definition) is 3. The third-order valence-electron chi connectivity index (χ3n) is 3.59. The van der Waals surface area contributed by atoms with Crippen molar-refractivity contribution in [2.45, 2.75) is 58.5 Å². The van der Waals surface area contributed by atoms with Crippen LogP contribution in [0, 0.1) is 11.3 Å². The molecule has 0 radical (unpaired) electrons. The Morgan fingerprint density at radius 1 is 1.33 bits per heavy atom. The van der Waals surface area contributed by atoms with Crippen LogP contribution in [-0.2, 0) is 9.59 Å². The number of amides is 1. The van der Waals surface area contributed by atoms with Gasteiger partial charge in [0.15, 0.2) is 0 Å². The van der Waals surface area contributed by atoms with Crippen LogP contribution in [0.4, 0.5) is 0 Å². The van der Waals surface area contributed by atoms with Crippen LogP contribution in [0.15, 0.2) is 0 Å². The lowest BCUT2D eigenvalue weighted by Crippen LogP contribution is -2.52. The maximum atomic E-state index is 12.0. The largest absolute Gasteiger partial charge is 0.481 e. The Kier molecular flexibility index (Phi) is 4.73. The summed E-state index contributed by atoms with van der Waals surface area (Å²) in [7, 11) is 0. The third kappa shape index (κ3) is 3.98. The molecule has 0 aromatic carbocycles. The minimum Gasteiger partial charge on any atom is -0.481 e. The lowest BCUT2D eigenvalue weighted by Gasteiger charge is -2.31. The molecule has 5 nitrogen and oxygen atoms in total. The first kappa shape index (κ1) is 15.0. The molecule has 1 amide bonds. The number of nitrogens with one attached hydrogen (secondary N) is 1. The van der Waals surface area contributed by atoms with Gasteiger partial charge in [0, 0.05) is 6.04 Å². The summed E-state index contributed by atoms with van der Waals surface area (Å²) in [5.41, 5.74) is 5.59. The molecule has 0 aliphatic heterocycles. The highest BCUT2D eigenvalue weighted by Gasteiger charge is 2.32. The van der Waals surface area contributed by atoms with Gasteiger partial charge in [-0.15, -0.1) is 0 Å². The first-order chi connectivity index (χ1) is 8.21. The molecule has 0 spiro atoms. The first-order valence-corrected chi connectivity index (χ1v) is 6.50. The summed E-state index contributed by atoms with van der Waals surface area (Å²) >= 11 is 0. The number of rotatable bonds is 3. The minimum atomic E-state index is -0.769. The lowest BCUT2D eigenvalue weighted by molar-refractivity contribution is -0.143. The average molecular weight is 256 g/mol. The molecular formula is C13H24N2O3. The zero-order valence-electron chi connectivity index (χ0n) is 11.4. The summed E-state index contributed by atoms with van der Waals surface area (Å²) in [5.74, 6) is -1.29. The molecule has 0 heterocycles. The van der Waals surface area contributed by atoms with Gasteiger partial charge in [0.2, 0.25) is 5.91 Å². The number of carbonyl (C=O) groups is 2. The van der Waals surface area contributed by atoms with E-state index >= 15 is 0 Å². The zero-order valence-corrected chi connectivity index (χ0v) is 11.4. The highest BCUT2D eigenvalue weighted by molar-refractivity contribution is 5.82. The quantitative estimate of drug-likeness (QED) is 0.705. The van der Waals surface area contributed by atoms with E-state index in [2.05, 4.69) is 5.32 Å². The van der Waals surface area contributed by atoms with E-state index < -0.39 is 12.0 Å². The topological polar surface area (TPSA) is 92.4 Å². The predicted molar refractivity (Wildman–Crippen MR) is 69.0 cm³/mol. The molecular weight excluding hydrogens is 232 g/mol. The van der Waals surface area contributed by atoms with Crippen molar-refractivity contribution in [3.8, 4) is 0 Å². The number of hydrogen-bond donors (Lipinski definition) is 3. The Morgan fingerprint density at radius 3 is 2.44 bits per heavy atom. The Hall–Kier alpha value is -1.10. The van der Waals surface area contributed by atoms with Crippen LogP contribution in [0.1, 0.15) is 46.5 Å². The van der Waals surface area contributed by atoms with Crippen LogP contribution < -0.4 is 11.1 Å². The van der Waals surface area contributed by atoms with Gasteiger partial charge in [-0.25, -0.2) is 0 Å². The van der Waals surface area contributed by atoms with Crippen molar-refractivity contribution in [2.24, 2.45) is 17.1 Å². The van der Waals surface area contributed by atoms with Crippen molar-refractivity contribution in [3.05, 3.63) is 0 Å². The maximum Gasteiger partial charge on any atom is 0.306 e. The molecule has 1 aliphatic rings. The summed E-state index contributed by atoms with van der Waals surface area (Å²) in [5, 5.41) is 11.9. The van der Waals surface area contributed by atoms with Crippen molar-refractivity contribution in [2.75, 3.05) is 0 Å². The van der Waals surface area contributed by atoms with Crippen molar-refractivity contribution >= 4 is 11.9 Å². The van der Waals surface area contributed by atoms with Crippen LogP contribution in [0.3, 0.4) is 0 Å². The van der Waals surface area contributed by atoms with E-state index in [1.165, 1.54) is 0 Å². The maximum absolute atomic E-state index is 12.0. The van der Waals surface area contributed by atoms with Crippen molar-refractivity contribution in [1.29, 1.82) is 0 Å². The number of carbonyl (C=O) groups excluding carboxylic acids is 1. The standard InChI is InChI=1S/C13H24N2O3/c1-13(2,3)10(14)11(16)15-9-6-4-5-8(7-9)12(17)18/h8-10H,4-7,14H2,1-3H3,(H,15,16)(H,17,18). The Bertz CT molecular complexity index is 323. The monoisotopic (exact) mass is 256 g/mol. The molecule has 0 saturated heterocycles. The van der Waals surface area contributed by atoms with E-state index in [-0.39, 0.29) is 23.3 Å². The van der Waals surface area contributed by atoms with E-state index in [1.54, 1.807) is 0 Å².